The molecule has 3 rings (SSSR count). The van der Waals surface area contributed by atoms with Crippen LogP contribution >= 0.6 is 0 Å². The molecule has 0 aliphatic heterocycles. The number of carbonyl (C=O) groups excluding carboxylic acids is 1. The molecule has 26 heavy (non-hydrogen) atoms. The molecule has 0 bridgehead atoms. The van der Waals surface area contributed by atoms with Crippen LogP contribution in [-0.4, -0.2) is 52.3 Å². The van der Waals surface area contributed by atoms with Crippen LogP contribution < -0.4 is 5.32 Å². The van der Waals surface area contributed by atoms with Gasteiger partial charge in [0.1, 0.15) is 11.4 Å². The maximum Gasteiger partial charge on any atom is 0.270 e. The first-order valence-corrected chi connectivity index (χ1v) is 8.67. The number of aromatic nitrogens is 3. The van der Waals surface area contributed by atoms with Gasteiger partial charge < -0.3 is 14.8 Å². The van der Waals surface area contributed by atoms with E-state index in [0.29, 0.717) is 12.2 Å². The van der Waals surface area contributed by atoms with Gasteiger partial charge in [0, 0.05) is 26.3 Å². The van der Waals surface area contributed by atoms with Crippen LogP contribution in [0.2, 0.25) is 0 Å². The molecule has 0 atom stereocenters. The summed E-state index contributed by atoms with van der Waals surface area (Å²) in [5.41, 5.74) is 4.28. The van der Waals surface area contributed by atoms with Gasteiger partial charge in [-0.2, -0.15) is 5.10 Å². The number of hydrogen-bond donors (Lipinski definition) is 1. The molecule has 0 fully saturated rings. The molecule has 1 N–H and O–H groups in total. The summed E-state index contributed by atoms with van der Waals surface area (Å²) in [5.74, 6) is -0.124. The third-order valence-electron chi connectivity index (χ3n) is 4.24. The van der Waals surface area contributed by atoms with E-state index in [9.17, 15) is 4.79 Å². The van der Waals surface area contributed by atoms with Crippen LogP contribution in [0.5, 0.6) is 0 Å². The first-order chi connectivity index (χ1) is 12.5. The van der Waals surface area contributed by atoms with Crippen molar-refractivity contribution in [2.75, 3.05) is 27.2 Å². The second kappa shape index (κ2) is 7.58. The summed E-state index contributed by atoms with van der Waals surface area (Å²) >= 11 is 0. The maximum absolute atomic E-state index is 12.8. The van der Waals surface area contributed by atoms with Gasteiger partial charge >= 0.3 is 0 Å². The van der Waals surface area contributed by atoms with Crippen molar-refractivity contribution >= 4 is 5.91 Å². The molecule has 0 radical (unpaired) electrons. The number of nitrogens with zero attached hydrogens (tertiary/aromatic N) is 4. The van der Waals surface area contributed by atoms with Gasteiger partial charge in [0.05, 0.1) is 11.4 Å². The Balaban J connectivity index is 1.99. The molecular formula is C20H25N5O. The minimum absolute atomic E-state index is 0.124. The first kappa shape index (κ1) is 17.9. The Morgan fingerprint density at radius 2 is 2.00 bits per heavy atom. The fraction of sp³-hybridized carbons (Fsp3) is 0.300. The van der Waals surface area contributed by atoms with Crippen molar-refractivity contribution in [1.82, 2.24) is 24.6 Å². The van der Waals surface area contributed by atoms with Crippen molar-refractivity contribution in [3.63, 3.8) is 0 Å². The predicted octanol–water partition coefficient (Wildman–Crippen LogP) is 2.48. The number of benzene rings is 1. The van der Waals surface area contributed by atoms with Gasteiger partial charge in [-0.05, 0) is 56.9 Å². The molecule has 0 aliphatic carbocycles. The van der Waals surface area contributed by atoms with Crippen molar-refractivity contribution in [3.05, 3.63) is 59.9 Å². The van der Waals surface area contributed by atoms with Gasteiger partial charge in [0.2, 0.25) is 0 Å². The number of carbonyl (C=O) groups is 1. The number of hydrogen-bond acceptors (Lipinski definition) is 3. The number of nitrogens with one attached hydrogen (secondary N) is 1. The summed E-state index contributed by atoms with van der Waals surface area (Å²) in [7, 11) is 5.94. The normalized spacial score (nSPS) is 11.1. The second-order valence-electron chi connectivity index (χ2n) is 6.73. The molecule has 136 valence electrons. The van der Waals surface area contributed by atoms with Crippen molar-refractivity contribution in [1.29, 1.82) is 0 Å². The highest BCUT2D eigenvalue weighted by molar-refractivity contribution is 5.94. The summed E-state index contributed by atoms with van der Waals surface area (Å²) in [6, 6.07) is 13.8. The summed E-state index contributed by atoms with van der Waals surface area (Å²) in [6.45, 7) is 3.40. The number of likely N-dealkylation sites (N-methyl/N-ethyl adjacent to an activating group) is 1. The van der Waals surface area contributed by atoms with Gasteiger partial charge in [0.15, 0.2) is 0 Å². The number of rotatable bonds is 6. The SMILES string of the molecule is Cc1cccc(-n2nc(-c3cccn3C)cc2C(=O)NCCN(C)C)c1. The molecule has 6 nitrogen and oxygen atoms in total. The third kappa shape index (κ3) is 3.86. The van der Waals surface area contributed by atoms with E-state index in [1.807, 2.05) is 86.2 Å². The van der Waals surface area contributed by atoms with Crippen LogP contribution in [0.15, 0.2) is 48.7 Å². The van der Waals surface area contributed by atoms with Crippen LogP contribution in [0.4, 0.5) is 0 Å². The van der Waals surface area contributed by atoms with E-state index in [4.69, 9.17) is 5.10 Å². The Bertz CT molecular complexity index is 907. The molecular weight excluding hydrogens is 326 g/mol. The summed E-state index contributed by atoms with van der Waals surface area (Å²) in [5, 5.41) is 7.69. The Labute approximate surface area is 154 Å². The second-order valence-corrected chi connectivity index (χ2v) is 6.73. The molecule has 0 aliphatic rings. The molecule has 3 aromatic rings. The highest BCUT2D eigenvalue weighted by Crippen LogP contribution is 2.22. The highest BCUT2D eigenvalue weighted by Gasteiger charge is 2.18. The quantitative estimate of drug-likeness (QED) is 0.742. The lowest BCUT2D eigenvalue weighted by Gasteiger charge is -2.11. The van der Waals surface area contributed by atoms with Crippen LogP contribution in [0, 0.1) is 6.92 Å². The number of amides is 1. The van der Waals surface area contributed by atoms with Gasteiger partial charge in [-0.1, -0.05) is 12.1 Å². The van der Waals surface area contributed by atoms with E-state index in [1.54, 1.807) is 4.68 Å². The average molecular weight is 351 g/mol. The first-order valence-electron chi connectivity index (χ1n) is 8.67. The van der Waals surface area contributed by atoms with Gasteiger partial charge in [0.25, 0.3) is 5.91 Å². The van der Waals surface area contributed by atoms with E-state index in [2.05, 4.69) is 5.32 Å². The van der Waals surface area contributed by atoms with Gasteiger partial charge in [-0.15, -0.1) is 0 Å². The summed E-state index contributed by atoms with van der Waals surface area (Å²) in [6.07, 6.45) is 1.97. The van der Waals surface area contributed by atoms with E-state index < -0.39 is 0 Å². The average Bonchev–Trinajstić information content (AvgIpc) is 3.20. The minimum Gasteiger partial charge on any atom is -0.349 e. The van der Waals surface area contributed by atoms with Crippen molar-refractivity contribution < 1.29 is 4.79 Å². The van der Waals surface area contributed by atoms with Gasteiger partial charge in [-0.3, -0.25) is 4.79 Å². The van der Waals surface area contributed by atoms with Crippen LogP contribution in [0.25, 0.3) is 17.1 Å². The fourth-order valence-corrected chi connectivity index (χ4v) is 2.84. The van der Waals surface area contributed by atoms with Crippen LogP contribution in [-0.2, 0) is 7.05 Å². The Morgan fingerprint density at radius 3 is 2.65 bits per heavy atom. The molecule has 2 heterocycles. The highest BCUT2D eigenvalue weighted by atomic mass is 16.2. The van der Waals surface area contributed by atoms with Gasteiger partial charge in [-0.25, -0.2) is 4.68 Å². The molecule has 2 aromatic heterocycles. The minimum atomic E-state index is -0.124. The summed E-state index contributed by atoms with van der Waals surface area (Å²) < 4.78 is 3.72. The fourth-order valence-electron chi connectivity index (χ4n) is 2.84. The lowest BCUT2D eigenvalue weighted by molar-refractivity contribution is 0.0943. The largest absolute Gasteiger partial charge is 0.349 e. The van der Waals surface area contributed by atoms with Crippen LogP contribution in [0.3, 0.4) is 0 Å². The van der Waals surface area contributed by atoms with Crippen molar-refractivity contribution in [3.8, 4) is 17.1 Å². The molecule has 0 spiro atoms. The lowest BCUT2D eigenvalue weighted by Crippen LogP contribution is -2.32. The van der Waals surface area contributed by atoms with E-state index >= 15 is 0 Å². The molecule has 0 unspecified atom stereocenters. The zero-order valence-electron chi connectivity index (χ0n) is 15.7. The zero-order valence-corrected chi connectivity index (χ0v) is 15.7. The third-order valence-corrected chi connectivity index (χ3v) is 4.24. The van der Waals surface area contributed by atoms with E-state index in [1.165, 1.54) is 0 Å². The number of aryl methyl sites for hydroxylation is 2. The van der Waals surface area contributed by atoms with E-state index in [0.717, 1.165) is 29.2 Å². The molecule has 6 heteroatoms. The Hall–Kier alpha value is -2.86. The summed E-state index contributed by atoms with van der Waals surface area (Å²) in [4.78, 5) is 14.8. The molecule has 0 saturated heterocycles. The maximum atomic E-state index is 12.8. The zero-order chi connectivity index (χ0) is 18.7. The Morgan fingerprint density at radius 1 is 1.19 bits per heavy atom. The lowest BCUT2D eigenvalue weighted by atomic mass is 10.2. The Kier molecular flexibility index (Phi) is 5.23. The smallest absolute Gasteiger partial charge is 0.270 e. The molecule has 1 amide bonds. The predicted molar refractivity (Wildman–Crippen MR) is 104 cm³/mol. The van der Waals surface area contributed by atoms with Crippen molar-refractivity contribution in [2.45, 2.75) is 6.92 Å². The monoisotopic (exact) mass is 351 g/mol. The standard InChI is InChI=1S/C20H25N5O/c1-15-7-5-8-16(13-15)25-19(20(26)21-10-12-23(2)3)14-17(22-25)18-9-6-11-24(18)4/h5-9,11,13-14H,10,12H2,1-4H3,(H,21,26). The van der Waals surface area contributed by atoms with E-state index in [-0.39, 0.29) is 5.91 Å². The molecule has 1 aromatic carbocycles. The van der Waals surface area contributed by atoms with Crippen LogP contribution in [0.1, 0.15) is 16.1 Å². The molecule has 0 saturated carbocycles. The topological polar surface area (TPSA) is 55.1 Å². The van der Waals surface area contributed by atoms with Crippen molar-refractivity contribution in [2.24, 2.45) is 7.05 Å².